The van der Waals surface area contributed by atoms with Crippen LogP contribution in [0.25, 0.3) is 0 Å². The molecule has 2 N–H and O–H groups in total. The van der Waals surface area contributed by atoms with Gasteiger partial charge in [-0.25, -0.2) is 4.79 Å². The van der Waals surface area contributed by atoms with Crippen LogP contribution in [0.4, 0.5) is 11.4 Å². The van der Waals surface area contributed by atoms with Gasteiger partial charge in [0.1, 0.15) is 5.69 Å². The molecule has 1 heterocycles. The Morgan fingerprint density at radius 3 is 2.64 bits per heavy atom. The van der Waals surface area contributed by atoms with Crippen LogP contribution in [0.5, 0.6) is 0 Å². The van der Waals surface area contributed by atoms with Gasteiger partial charge in [-0.3, -0.25) is 10.1 Å². The van der Waals surface area contributed by atoms with Crippen LogP contribution in [0, 0.1) is 16.0 Å². The summed E-state index contributed by atoms with van der Waals surface area (Å²) in [6.07, 6.45) is 5.11. The molecule has 1 aliphatic heterocycles. The molecule has 2 aliphatic rings. The minimum Gasteiger partial charge on any atom is -0.478 e. The number of carboxylic acid groups (broad SMARTS) is 1. The number of nitro groups is 1. The zero-order valence-electron chi connectivity index (χ0n) is 13.3. The molecule has 2 aromatic rings. The number of nitrogens with one attached hydrogen (secondary N) is 1. The number of nitrogens with zero attached hydrogens (tertiary/aromatic N) is 1. The number of carbonyl (C=O) groups is 1. The first-order valence-electron chi connectivity index (χ1n) is 8.10. The van der Waals surface area contributed by atoms with Gasteiger partial charge in [-0.2, -0.15) is 0 Å². The number of hydrogen-bond acceptors (Lipinski definition) is 4. The van der Waals surface area contributed by atoms with Gasteiger partial charge in [-0.15, -0.1) is 0 Å². The lowest BCUT2D eigenvalue weighted by atomic mass is 9.76. The molecule has 4 rings (SSSR count). The van der Waals surface area contributed by atoms with E-state index in [1.807, 2.05) is 6.07 Å². The van der Waals surface area contributed by atoms with Crippen LogP contribution < -0.4 is 5.32 Å². The highest BCUT2D eigenvalue weighted by atomic mass is 16.6. The molecule has 0 saturated carbocycles. The Bertz CT molecular complexity index is 889. The van der Waals surface area contributed by atoms with E-state index in [0.717, 1.165) is 17.5 Å². The maximum absolute atomic E-state index is 11.4. The van der Waals surface area contributed by atoms with Crippen LogP contribution in [-0.4, -0.2) is 16.0 Å². The van der Waals surface area contributed by atoms with Crippen molar-refractivity contribution in [3.05, 3.63) is 81.4 Å². The Morgan fingerprint density at radius 2 is 1.96 bits per heavy atom. The van der Waals surface area contributed by atoms with Gasteiger partial charge in [0.15, 0.2) is 0 Å². The molecule has 0 aromatic heterocycles. The van der Waals surface area contributed by atoms with Crippen LogP contribution in [0.2, 0.25) is 0 Å². The summed E-state index contributed by atoms with van der Waals surface area (Å²) in [5.74, 6) is -0.588. The summed E-state index contributed by atoms with van der Waals surface area (Å²) in [5.41, 5.74) is 2.75. The number of allylic oxidation sites excluding steroid dienone is 2. The fourth-order valence-corrected chi connectivity index (χ4v) is 3.92. The highest BCUT2D eigenvalue weighted by Gasteiger charge is 2.40. The monoisotopic (exact) mass is 336 g/mol. The molecule has 2 aromatic carbocycles. The lowest BCUT2D eigenvalue weighted by Gasteiger charge is -2.37. The highest BCUT2D eigenvalue weighted by molar-refractivity contribution is 5.87. The summed E-state index contributed by atoms with van der Waals surface area (Å²) in [6.45, 7) is 0. The Balaban J connectivity index is 1.78. The molecule has 1 aliphatic carbocycles. The summed E-state index contributed by atoms with van der Waals surface area (Å²) in [6, 6.07) is 11.8. The number of anilines is 1. The SMILES string of the molecule is O=C(O)c1ccc([C@@H]2Nc3c(cccc3[N+](=O)[O-])[C@@H]3C=CC[C@H]32)cc1. The molecule has 0 radical (unpaired) electrons. The average molecular weight is 336 g/mol. The zero-order valence-corrected chi connectivity index (χ0v) is 13.3. The molecule has 25 heavy (non-hydrogen) atoms. The van der Waals surface area contributed by atoms with Crippen molar-refractivity contribution >= 4 is 17.3 Å². The first kappa shape index (κ1) is 15.4. The third-order valence-electron chi connectivity index (χ3n) is 5.09. The second-order valence-corrected chi connectivity index (χ2v) is 6.40. The van der Waals surface area contributed by atoms with Gasteiger partial charge in [0.25, 0.3) is 5.69 Å². The quantitative estimate of drug-likeness (QED) is 0.500. The smallest absolute Gasteiger partial charge is 0.335 e. The minimum absolute atomic E-state index is 0.0726. The molecule has 0 bridgehead atoms. The minimum atomic E-state index is -0.968. The van der Waals surface area contributed by atoms with Gasteiger partial charge in [0.2, 0.25) is 0 Å². The van der Waals surface area contributed by atoms with E-state index in [4.69, 9.17) is 5.11 Å². The van der Waals surface area contributed by atoms with E-state index in [1.165, 1.54) is 6.07 Å². The molecule has 6 nitrogen and oxygen atoms in total. The number of rotatable bonds is 3. The van der Waals surface area contributed by atoms with E-state index in [1.54, 1.807) is 30.3 Å². The first-order chi connectivity index (χ1) is 12.1. The first-order valence-corrected chi connectivity index (χ1v) is 8.10. The summed E-state index contributed by atoms with van der Waals surface area (Å²) in [4.78, 5) is 22.1. The second-order valence-electron chi connectivity index (χ2n) is 6.40. The third-order valence-corrected chi connectivity index (χ3v) is 5.09. The number of nitro benzene ring substituents is 1. The van der Waals surface area contributed by atoms with E-state index in [0.29, 0.717) is 5.69 Å². The lowest BCUT2D eigenvalue weighted by molar-refractivity contribution is -0.384. The molecule has 0 saturated heterocycles. The number of benzene rings is 2. The van der Waals surface area contributed by atoms with Crippen molar-refractivity contribution < 1.29 is 14.8 Å². The van der Waals surface area contributed by atoms with E-state index in [9.17, 15) is 14.9 Å². The molecule has 0 fully saturated rings. The predicted molar refractivity (Wildman–Crippen MR) is 92.8 cm³/mol. The van der Waals surface area contributed by atoms with Crippen LogP contribution >= 0.6 is 0 Å². The van der Waals surface area contributed by atoms with Crippen molar-refractivity contribution in [1.29, 1.82) is 0 Å². The molecule has 126 valence electrons. The van der Waals surface area contributed by atoms with Crippen molar-refractivity contribution in [3.8, 4) is 0 Å². The fraction of sp³-hybridized carbons (Fsp3) is 0.211. The summed E-state index contributed by atoms with van der Waals surface area (Å²) >= 11 is 0. The topological polar surface area (TPSA) is 92.5 Å². The molecular weight excluding hydrogens is 320 g/mol. The molecule has 0 amide bonds. The van der Waals surface area contributed by atoms with E-state index in [-0.39, 0.29) is 34.1 Å². The van der Waals surface area contributed by atoms with Crippen LogP contribution in [0.3, 0.4) is 0 Å². The van der Waals surface area contributed by atoms with Crippen molar-refractivity contribution in [1.82, 2.24) is 0 Å². The van der Waals surface area contributed by atoms with Crippen LogP contribution in [0.1, 0.15) is 39.9 Å². The maximum Gasteiger partial charge on any atom is 0.335 e. The fourth-order valence-electron chi connectivity index (χ4n) is 3.92. The van der Waals surface area contributed by atoms with E-state index in [2.05, 4.69) is 17.5 Å². The van der Waals surface area contributed by atoms with Gasteiger partial charge < -0.3 is 10.4 Å². The predicted octanol–water partition coefficient (Wildman–Crippen LogP) is 4.12. The number of aromatic carboxylic acids is 1. The number of para-hydroxylation sites is 1. The van der Waals surface area contributed by atoms with Crippen molar-refractivity contribution in [2.24, 2.45) is 5.92 Å². The van der Waals surface area contributed by atoms with Crippen molar-refractivity contribution in [2.75, 3.05) is 5.32 Å². The van der Waals surface area contributed by atoms with Gasteiger partial charge >= 0.3 is 5.97 Å². The Kier molecular flexibility index (Phi) is 3.53. The Morgan fingerprint density at radius 1 is 1.20 bits per heavy atom. The molecular formula is C19H16N2O4. The molecule has 3 atom stereocenters. The zero-order chi connectivity index (χ0) is 17.6. The summed E-state index contributed by atoms with van der Waals surface area (Å²) < 4.78 is 0. The lowest BCUT2D eigenvalue weighted by Crippen LogP contribution is -2.29. The summed E-state index contributed by atoms with van der Waals surface area (Å²) in [7, 11) is 0. The number of fused-ring (bicyclic) bond motifs is 3. The summed E-state index contributed by atoms with van der Waals surface area (Å²) in [5, 5.41) is 23.8. The third kappa shape index (κ3) is 2.46. The van der Waals surface area contributed by atoms with Gasteiger partial charge in [-0.1, -0.05) is 36.4 Å². The van der Waals surface area contributed by atoms with Gasteiger partial charge in [0, 0.05) is 12.0 Å². The molecule has 0 spiro atoms. The Hall–Kier alpha value is -3.15. The van der Waals surface area contributed by atoms with Crippen molar-refractivity contribution in [2.45, 2.75) is 18.4 Å². The van der Waals surface area contributed by atoms with Crippen LogP contribution in [0.15, 0.2) is 54.6 Å². The Labute approximate surface area is 144 Å². The van der Waals surface area contributed by atoms with Crippen molar-refractivity contribution in [3.63, 3.8) is 0 Å². The van der Waals surface area contributed by atoms with Crippen LogP contribution in [-0.2, 0) is 0 Å². The van der Waals surface area contributed by atoms with E-state index < -0.39 is 5.97 Å². The standard InChI is InChI=1S/C19H16N2O4/c22-19(23)12-9-7-11(8-10-12)17-14-4-1-3-13(14)15-5-2-6-16(21(24)25)18(15)20-17/h1-3,5-10,13-14,17,20H,4H2,(H,22,23)/t13-,14-,17+/m1/s1. The molecule has 6 heteroatoms. The largest absolute Gasteiger partial charge is 0.478 e. The van der Waals surface area contributed by atoms with E-state index >= 15 is 0 Å². The highest BCUT2D eigenvalue weighted by Crippen LogP contribution is 2.51. The van der Waals surface area contributed by atoms with Gasteiger partial charge in [0.05, 0.1) is 16.5 Å². The van der Waals surface area contributed by atoms with Gasteiger partial charge in [-0.05, 0) is 35.6 Å². The maximum atomic E-state index is 11.4. The normalized spacial score (nSPS) is 23.4. The molecule has 0 unspecified atom stereocenters. The second kappa shape index (κ2) is 5.73. The number of carboxylic acids is 1. The average Bonchev–Trinajstić information content (AvgIpc) is 3.10. The number of hydrogen-bond donors (Lipinski definition) is 2.